The van der Waals surface area contributed by atoms with Crippen LogP contribution in [0.1, 0.15) is 28.4 Å². The molecule has 1 amide bonds. The lowest BCUT2D eigenvalue weighted by Gasteiger charge is -2.22. The fourth-order valence-corrected chi connectivity index (χ4v) is 5.95. The van der Waals surface area contributed by atoms with Crippen LogP contribution in [0.5, 0.6) is 0 Å². The maximum atomic E-state index is 13.5. The Balaban J connectivity index is 0.000000384. The number of benzene rings is 4. The first-order valence-electron chi connectivity index (χ1n) is 12.9. The standard InChI is InChI=1S/C25H22N2O4S.C7H8/c28-25-22-23(31-24(26-22)18-9-3-1-4-10-18)21-14-8-7-11-19(21)17-27(25)15-16-32(29,30)20-12-5-2-6-13-20;1-7-5-3-2-4-6-7/h1-14,22-23H,15-17H2;2-6H,1H3/t22-,23-;/m0./s1. The van der Waals surface area contributed by atoms with Crippen molar-refractivity contribution in [3.8, 4) is 0 Å². The number of amides is 1. The average molecular weight is 539 g/mol. The molecule has 0 saturated carbocycles. The number of carbonyl (C=O) groups excluding carboxylic acids is 1. The molecule has 0 fully saturated rings. The summed E-state index contributed by atoms with van der Waals surface area (Å²) in [5, 5.41) is 0. The highest BCUT2D eigenvalue weighted by molar-refractivity contribution is 7.91. The summed E-state index contributed by atoms with van der Waals surface area (Å²) in [6.45, 7) is 2.50. The summed E-state index contributed by atoms with van der Waals surface area (Å²) >= 11 is 0. The zero-order valence-electron chi connectivity index (χ0n) is 21.7. The quantitative estimate of drug-likeness (QED) is 0.342. The van der Waals surface area contributed by atoms with Crippen molar-refractivity contribution in [1.82, 2.24) is 4.90 Å². The molecular formula is C32H30N2O4S. The monoisotopic (exact) mass is 538 g/mol. The molecule has 0 aliphatic carbocycles. The summed E-state index contributed by atoms with van der Waals surface area (Å²) in [5.41, 5.74) is 3.98. The molecule has 39 heavy (non-hydrogen) atoms. The SMILES string of the molecule is Cc1ccccc1.O=C1[C@H]2N=C(c3ccccc3)O[C@H]2c2ccccc2CN1CCS(=O)(=O)c1ccccc1. The maximum Gasteiger partial charge on any atom is 0.252 e. The Bertz CT molecular complexity index is 1560. The third-order valence-electron chi connectivity index (χ3n) is 6.76. The molecule has 4 aromatic rings. The van der Waals surface area contributed by atoms with Crippen LogP contribution >= 0.6 is 0 Å². The van der Waals surface area contributed by atoms with E-state index in [9.17, 15) is 13.2 Å². The molecule has 7 heteroatoms. The van der Waals surface area contributed by atoms with Gasteiger partial charge in [0.05, 0.1) is 10.6 Å². The van der Waals surface area contributed by atoms with Gasteiger partial charge in [0.2, 0.25) is 5.90 Å². The second kappa shape index (κ2) is 11.7. The normalized spacial score (nSPS) is 18.0. The number of rotatable bonds is 5. The van der Waals surface area contributed by atoms with Crippen molar-refractivity contribution in [2.75, 3.05) is 12.3 Å². The molecule has 0 bridgehead atoms. The van der Waals surface area contributed by atoms with Crippen molar-refractivity contribution < 1.29 is 17.9 Å². The van der Waals surface area contributed by atoms with E-state index in [1.54, 1.807) is 35.2 Å². The second-order valence-corrected chi connectivity index (χ2v) is 11.6. The van der Waals surface area contributed by atoms with E-state index in [0.717, 1.165) is 16.7 Å². The summed E-state index contributed by atoms with van der Waals surface area (Å²) in [6, 6.07) is 35.1. The highest BCUT2D eigenvalue weighted by Crippen LogP contribution is 2.37. The van der Waals surface area contributed by atoms with Crippen LogP contribution < -0.4 is 0 Å². The Hall–Kier alpha value is -4.23. The number of nitrogens with zero attached hydrogens (tertiary/aromatic N) is 2. The minimum Gasteiger partial charge on any atom is -0.466 e. The van der Waals surface area contributed by atoms with Gasteiger partial charge in [-0.15, -0.1) is 0 Å². The molecule has 2 aliphatic heterocycles. The number of aryl methyl sites for hydroxylation is 1. The molecular weight excluding hydrogens is 508 g/mol. The molecule has 0 N–H and O–H groups in total. The number of hydrogen-bond donors (Lipinski definition) is 0. The van der Waals surface area contributed by atoms with E-state index in [-0.39, 0.29) is 23.1 Å². The van der Waals surface area contributed by atoms with Gasteiger partial charge < -0.3 is 9.64 Å². The number of sulfone groups is 1. The zero-order valence-corrected chi connectivity index (χ0v) is 22.5. The van der Waals surface area contributed by atoms with E-state index in [0.29, 0.717) is 12.4 Å². The van der Waals surface area contributed by atoms with Crippen molar-refractivity contribution >= 4 is 21.6 Å². The Kier molecular flexibility index (Phi) is 7.89. The molecule has 2 heterocycles. The fraction of sp³-hybridized carbons (Fsp3) is 0.188. The lowest BCUT2D eigenvalue weighted by atomic mass is 9.99. The topological polar surface area (TPSA) is 76.0 Å². The largest absolute Gasteiger partial charge is 0.466 e. The van der Waals surface area contributed by atoms with Crippen molar-refractivity contribution in [3.63, 3.8) is 0 Å². The summed E-state index contributed by atoms with van der Waals surface area (Å²) in [4.78, 5) is 19.9. The molecule has 4 aromatic carbocycles. The molecule has 0 radical (unpaired) electrons. The summed E-state index contributed by atoms with van der Waals surface area (Å²) in [6.07, 6.45) is -0.523. The smallest absolute Gasteiger partial charge is 0.252 e. The van der Waals surface area contributed by atoms with Gasteiger partial charge in [0.1, 0.15) is 0 Å². The van der Waals surface area contributed by atoms with Crippen LogP contribution in [0.4, 0.5) is 0 Å². The van der Waals surface area contributed by atoms with Crippen LogP contribution in [0, 0.1) is 6.92 Å². The number of aliphatic imine (C=N–C) groups is 1. The van der Waals surface area contributed by atoms with Gasteiger partial charge in [-0.05, 0) is 36.8 Å². The predicted molar refractivity (Wildman–Crippen MR) is 152 cm³/mol. The van der Waals surface area contributed by atoms with Gasteiger partial charge >= 0.3 is 0 Å². The van der Waals surface area contributed by atoms with Crippen LogP contribution in [-0.2, 0) is 25.9 Å². The van der Waals surface area contributed by atoms with Gasteiger partial charge in [0, 0.05) is 24.2 Å². The Morgan fingerprint density at radius 3 is 2.05 bits per heavy atom. The first kappa shape index (κ1) is 26.4. The van der Waals surface area contributed by atoms with Crippen molar-refractivity contribution in [3.05, 3.63) is 138 Å². The lowest BCUT2D eigenvalue weighted by Crippen LogP contribution is -2.40. The molecule has 198 valence electrons. The summed E-state index contributed by atoms with van der Waals surface area (Å²) in [5.74, 6) is 0.0567. The molecule has 2 atom stereocenters. The van der Waals surface area contributed by atoms with E-state index >= 15 is 0 Å². The minimum atomic E-state index is -3.51. The van der Waals surface area contributed by atoms with Crippen LogP contribution in [0.2, 0.25) is 0 Å². The van der Waals surface area contributed by atoms with Gasteiger partial charge in [-0.1, -0.05) is 96.6 Å². The van der Waals surface area contributed by atoms with Gasteiger partial charge in [-0.25, -0.2) is 13.4 Å². The van der Waals surface area contributed by atoms with Crippen LogP contribution in [-0.4, -0.2) is 43.5 Å². The van der Waals surface area contributed by atoms with Gasteiger partial charge in [-0.2, -0.15) is 0 Å². The Labute approximate surface area is 229 Å². The lowest BCUT2D eigenvalue weighted by molar-refractivity contribution is -0.133. The van der Waals surface area contributed by atoms with E-state index in [4.69, 9.17) is 4.74 Å². The highest BCUT2D eigenvalue weighted by Gasteiger charge is 2.43. The predicted octanol–water partition coefficient (Wildman–Crippen LogP) is 5.38. The van der Waals surface area contributed by atoms with Crippen LogP contribution in [0.15, 0.2) is 125 Å². The number of ether oxygens (including phenoxy) is 1. The highest BCUT2D eigenvalue weighted by atomic mass is 32.2. The summed E-state index contributed by atoms with van der Waals surface area (Å²) < 4.78 is 31.8. The van der Waals surface area contributed by atoms with Gasteiger partial charge in [0.25, 0.3) is 5.91 Å². The fourth-order valence-electron chi connectivity index (χ4n) is 4.68. The number of carbonyl (C=O) groups is 1. The van der Waals surface area contributed by atoms with Gasteiger partial charge in [0.15, 0.2) is 22.0 Å². The molecule has 0 unspecified atom stereocenters. The summed E-state index contributed by atoms with van der Waals surface area (Å²) in [7, 11) is -3.51. The van der Waals surface area contributed by atoms with Crippen molar-refractivity contribution in [2.45, 2.75) is 30.5 Å². The third-order valence-corrected chi connectivity index (χ3v) is 8.47. The minimum absolute atomic E-state index is 0.0871. The van der Waals surface area contributed by atoms with E-state index in [1.165, 1.54) is 5.56 Å². The maximum absolute atomic E-state index is 13.5. The second-order valence-electron chi connectivity index (χ2n) is 9.53. The van der Waals surface area contributed by atoms with Gasteiger partial charge in [-0.3, -0.25) is 4.79 Å². The van der Waals surface area contributed by atoms with Crippen molar-refractivity contribution in [1.29, 1.82) is 0 Å². The Morgan fingerprint density at radius 1 is 0.821 bits per heavy atom. The zero-order chi connectivity index (χ0) is 27.2. The molecule has 0 saturated heterocycles. The van der Waals surface area contributed by atoms with E-state index in [1.807, 2.05) is 72.8 Å². The van der Waals surface area contributed by atoms with Crippen molar-refractivity contribution in [2.24, 2.45) is 4.99 Å². The Morgan fingerprint density at radius 2 is 1.41 bits per heavy atom. The molecule has 6 rings (SSSR count). The molecule has 0 aromatic heterocycles. The third kappa shape index (κ3) is 6.10. The van der Waals surface area contributed by atoms with Crippen LogP contribution in [0.25, 0.3) is 0 Å². The average Bonchev–Trinajstić information content (AvgIpc) is 3.38. The molecule has 6 nitrogen and oxygen atoms in total. The molecule has 2 aliphatic rings. The van der Waals surface area contributed by atoms with E-state index in [2.05, 4.69) is 24.0 Å². The first-order chi connectivity index (χ1) is 18.9. The van der Waals surface area contributed by atoms with E-state index < -0.39 is 22.0 Å². The first-order valence-corrected chi connectivity index (χ1v) is 14.5. The molecule has 0 spiro atoms. The number of hydrogen-bond acceptors (Lipinski definition) is 5. The number of fused-ring (bicyclic) bond motifs is 3. The van der Waals surface area contributed by atoms with Crippen LogP contribution in [0.3, 0.4) is 0 Å².